The summed E-state index contributed by atoms with van der Waals surface area (Å²) < 4.78 is 0. The number of nitrogens with one attached hydrogen (secondary N) is 1. The molecule has 23 heavy (non-hydrogen) atoms. The molecule has 1 saturated carbocycles. The van der Waals surface area contributed by atoms with Crippen molar-refractivity contribution in [2.24, 2.45) is 0 Å². The first-order valence-corrected chi connectivity index (χ1v) is 8.83. The predicted octanol–water partition coefficient (Wildman–Crippen LogP) is 2.07. The van der Waals surface area contributed by atoms with Gasteiger partial charge in [-0.25, -0.2) is 0 Å². The molecule has 1 aromatic carbocycles. The number of hydrogen-bond donors (Lipinski definition) is 2. The van der Waals surface area contributed by atoms with E-state index >= 15 is 0 Å². The molecule has 2 unspecified atom stereocenters. The Morgan fingerprint density at radius 3 is 2.78 bits per heavy atom. The van der Waals surface area contributed by atoms with Crippen LogP contribution in [0.1, 0.15) is 44.6 Å². The second-order valence-electron chi connectivity index (χ2n) is 7.27. The molecule has 4 nitrogen and oxygen atoms in total. The molecule has 2 N–H and O–H groups in total. The summed E-state index contributed by atoms with van der Waals surface area (Å²) in [5.74, 6) is 0.115. The van der Waals surface area contributed by atoms with Gasteiger partial charge in [-0.1, -0.05) is 30.3 Å². The maximum atomic E-state index is 12.3. The van der Waals surface area contributed by atoms with E-state index in [1.807, 2.05) is 13.0 Å². The highest BCUT2D eigenvalue weighted by atomic mass is 16.3. The summed E-state index contributed by atoms with van der Waals surface area (Å²) in [6, 6.07) is 10.9. The fourth-order valence-electron chi connectivity index (χ4n) is 3.78. The Morgan fingerprint density at radius 2 is 2.13 bits per heavy atom. The Bertz CT molecular complexity index is 525. The number of nitrogens with zero attached hydrogens (tertiary/aromatic N) is 1. The van der Waals surface area contributed by atoms with Crippen molar-refractivity contribution >= 4 is 5.91 Å². The van der Waals surface area contributed by atoms with Gasteiger partial charge in [0.2, 0.25) is 5.91 Å². The molecule has 1 aliphatic carbocycles. The lowest BCUT2D eigenvalue weighted by atomic mass is 9.96. The smallest absolute Gasteiger partial charge is 0.234 e. The van der Waals surface area contributed by atoms with Crippen LogP contribution in [-0.2, 0) is 10.2 Å². The van der Waals surface area contributed by atoms with Gasteiger partial charge in [-0.3, -0.25) is 9.69 Å². The Labute approximate surface area is 138 Å². The summed E-state index contributed by atoms with van der Waals surface area (Å²) in [6.45, 7) is 3.99. The molecule has 0 spiro atoms. The quantitative estimate of drug-likeness (QED) is 0.810. The van der Waals surface area contributed by atoms with Gasteiger partial charge >= 0.3 is 0 Å². The van der Waals surface area contributed by atoms with E-state index in [4.69, 9.17) is 0 Å². The van der Waals surface area contributed by atoms with E-state index in [1.54, 1.807) is 0 Å². The molecule has 4 heteroatoms. The van der Waals surface area contributed by atoms with Gasteiger partial charge in [0, 0.05) is 18.0 Å². The van der Waals surface area contributed by atoms with Crippen molar-refractivity contribution in [2.75, 3.05) is 19.6 Å². The first-order valence-electron chi connectivity index (χ1n) is 8.83. The average Bonchev–Trinajstić information content (AvgIpc) is 3.22. The SMILES string of the molecule is CC(O)CC1CCCN1CC(=O)NCC1(c2ccccc2)CC1. The van der Waals surface area contributed by atoms with Crippen molar-refractivity contribution in [2.45, 2.75) is 56.6 Å². The van der Waals surface area contributed by atoms with Crippen molar-refractivity contribution in [1.29, 1.82) is 0 Å². The summed E-state index contributed by atoms with van der Waals surface area (Å²) in [6.07, 6.45) is 5.00. The van der Waals surface area contributed by atoms with E-state index < -0.39 is 0 Å². The molecule has 1 aromatic rings. The molecule has 126 valence electrons. The minimum absolute atomic E-state index is 0.115. The zero-order valence-electron chi connectivity index (χ0n) is 14.0. The van der Waals surface area contributed by atoms with Crippen LogP contribution >= 0.6 is 0 Å². The normalized spacial score (nSPS) is 24.3. The van der Waals surface area contributed by atoms with Gasteiger partial charge in [-0.2, -0.15) is 0 Å². The molecular formula is C19H28N2O2. The second-order valence-corrected chi connectivity index (χ2v) is 7.27. The average molecular weight is 316 g/mol. The van der Waals surface area contributed by atoms with E-state index in [2.05, 4.69) is 34.5 Å². The number of aliphatic hydroxyl groups excluding tert-OH is 1. The molecule has 0 aromatic heterocycles. The first-order chi connectivity index (χ1) is 11.1. The molecule has 0 bridgehead atoms. The largest absolute Gasteiger partial charge is 0.393 e. The highest BCUT2D eigenvalue weighted by molar-refractivity contribution is 5.78. The Balaban J connectivity index is 1.48. The molecule has 1 aliphatic heterocycles. The lowest BCUT2D eigenvalue weighted by Crippen LogP contribution is -2.42. The van der Waals surface area contributed by atoms with Crippen LogP contribution in [0.15, 0.2) is 30.3 Å². The number of aliphatic hydroxyl groups is 1. The van der Waals surface area contributed by atoms with E-state index in [-0.39, 0.29) is 17.4 Å². The van der Waals surface area contributed by atoms with Crippen LogP contribution in [0.25, 0.3) is 0 Å². The molecular weight excluding hydrogens is 288 g/mol. The number of carbonyl (C=O) groups is 1. The van der Waals surface area contributed by atoms with Gasteiger partial charge in [0.1, 0.15) is 0 Å². The number of amides is 1. The maximum Gasteiger partial charge on any atom is 0.234 e. The standard InChI is InChI=1S/C19H28N2O2/c1-15(22)12-17-8-5-11-21(17)13-18(23)20-14-19(9-10-19)16-6-3-2-4-7-16/h2-4,6-7,15,17,22H,5,8-14H2,1H3,(H,20,23). The van der Waals surface area contributed by atoms with Crippen LogP contribution in [0.4, 0.5) is 0 Å². The van der Waals surface area contributed by atoms with E-state index in [1.165, 1.54) is 5.56 Å². The predicted molar refractivity (Wildman–Crippen MR) is 91.3 cm³/mol. The van der Waals surface area contributed by atoms with Gasteiger partial charge < -0.3 is 10.4 Å². The summed E-state index contributed by atoms with van der Waals surface area (Å²) in [7, 11) is 0. The molecule has 2 aliphatic rings. The third-order valence-corrected chi connectivity index (χ3v) is 5.32. The number of carbonyl (C=O) groups excluding carboxylic acids is 1. The minimum Gasteiger partial charge on any atom is -0.393 e. The monoisotopic (exact) mass is 316 g/mol. The van der Waals surface area contributed by atoms with E-state index in [0.717, 1.165) is 45.2 Å². The molecule has 1 amide bonds. The third kappa shape index (κ3) is 4.12. The van der Waals surface area contributed by atoms with Gasteiger partial charge in [-0.05, 0) is 51.1 Å². The van der Waals surface area contributed by atoms with Gasteiger partial charge in [0.25, 0.3) is 0 Å². The summed E-state index contributed by atoms with van der Waals surface area (Å²) in [5.41, 5.74) is 1.51. The van der Waals surface area contributed by atoms with Crippen LogP contribution in [0.5, 0.6) is 0 Å². The highest BCUT2D eigenvalue weighted by Gasteiger charge is 2.44. The van der Waals surface area contributed by atoms with Gasteiger partial charge in [0.05, 0.1) is 12.6 Å². The maximum absolute atomic E-state index is 12.3. The van der Waals surface area contributed by atoms with Crippen LogP contribution in [0.2, 0.25) is 0 Å². The minimum atomic E-state index is -0.295. The van der Waals surface area contributed by atoms with E-state index in [0.29, 0.717) is 12.6 Å². The number of rotatable bonds is 7. The number of benzene rings is 1. The van der Waals surface area contributed by atoms with Crippen molar-refractivity contribution in [3.8, 4) is 0 Å². The zero-order chi connectivity index (χ0) is 16.3. The number of hydrogen-bond acceptors (Lipinski definition) is 3. The Morgan fingerprint density at radius 1 is 1.39 bits per heavy atom. The summed E-state index contributed by atoms with van der Waals surface area (Å²) in [4.78, 5) is 14.5. The fourth-order valence-corrected chi connectivity index (χ4v) is 3.78. The lowest BCUT2D eigenvalue weighted by Gasteiger charge is -2.25. The molecule has 1 heterocycles. The molecule has 0 radical (unpaired) electrons. The molecule has 2 fully saturated rings. The van der Waals surface area contributed by atoms with Crippen molar-refractivity contribution in [1.82, 2.24) is 10.2 Å². The lowest BCUT2D eigenvalue weighted by molar-refractivity contribution is -0.122. The van der Waals surface area contributed by atoms with Crippen molar-refractivity contribution in [3.05, 3.63) is 35.9 Å². The summed E-state index contributed by atoms with van der Waals surface area (Å²) in [5, 5.41) is 12.7. The topological polar surface area (TPSA) is 52.6 Å². The van der Waals surface area contributed by atoms with E-state index in [9.17, 15) is 9.90 Å². The van der Waals surface area contributed by atoms with Gasteiger partial charge in [-0.15, -0.1) is 0 Å². The van der Waals surface area contributed by atoms with Crippen LogP contribution in [0, 0.1) is 0 Å². The fraction of sp³-hybridized carbons (Fsp3) is 0.632. The van der Waals surface area contributed by atoms with Crippen molar-refractivity contribution < 1.29 is 9.90 Å². The Hall–Kier alpha value is -1.39. The molecule has 3 rings (SSSR count). The van der Waals surface area contributed by atoms with Crippen molar-refractivity contribution in [3.63, 3.8) is 0 Å². The summed E-state index contributed by atoms with van der Waals surface area (Å²) >= 11 is 0. The highest BCUT2D eigenvalue weighted by Crippen LogP contribution is 2.47. The first kappa shape index (κ1) is 16.5. The Kier molecular flexibility index (Phi) is 5.02. The third-order valence-electron chi connectivity index (χ3n) is 5.32. The second kappa shape index (κ2) is 7.02. The van der Waals surface area contributed by atoms with Gasteiger partial charge in [0.15, 0.2) is 0 Å². The number of likely N-dealkylation sites (tertiary alicyclic amines) is 1. The van der Waals surface area contributed by atoms with Crippen LogP contribution in [-0.4, -0.2) is 47.7 Å². The zero-order valence-corrected chi connectivity index (χ0v) is 14.0. The molecule has 2 atom stereocenters. The molecule has 1 saturated heterocycles. The van der Waals surface area contributed by atoms with Crippen LogP contribution in [0.3, 0.4) is 0 Å². The van der Waals surface area contributed by atoms with Crippen LogP contribution < -0.4 is 5.32 Å².